The van der Waals surface area contributed by atoms with Crippen molar-refractivity contribution in [3.05, 3.63) is 17.5 Å². The van der Waals surface area contributed by atoms with Crippen molar-refractivity contribution in [1.29, 1.82) is 0 Å². The highest BCUT2D eigenvalue weighted by Crippen LogP contribution is 2.22. The van der Waals surface area contributed by atoms with Crippen LogP contribution < -0.4 is 5.73 Å². The van der Waals surface area contributed by atoms with Crippen molar-refractivity contribution in [2.24, 2.45) is 12.8 Å². The van der Waals surface area contributed by atoms with Crippen molar-refractivity contribution in [2.45, 2.75) is 38.4 Å². The fraction of sp³-hybridized carbons (Fsp3) is 0.700. The van der Waals surface area contributed by atoms with E-state index >= 15 is 0 Å². The van der Waals surface area contributed by atoms with Crippen LogP contribution in [-0.4, -0.2) is 22.0 Å². The Balaban J connectivity index is 2.45. The highest BCUT2D eigenvalue weighted by molar-refractivity contribution is 5.09. The molecule has 92 valence electrons. The summed E-state index contributed by atoms with van der Waals surface area (Å²) in [6, 6.07) is 1.37. The quantitative estimate of drug-likeness (QED) is 0.866. The van der Waals surface area contributed by atoms with E-state index in [0.29, 0.717) is 6.42 Å². The minimum Gasteiger partial charge on any atom is -0.327 e. The van der Waals surface area contributed by atoms with Crippen LogP contribution in [0, 0.1) is 6.92 Å². The Morgan fingerprint density at radius 2 is 2.12 bits per heavy atom. The molecule has 0 saturated heterocycles. The van der Waals surface area contributed by atoms with Gasteiger partial charge in [0.2, 0.25) is 0 Å². The standard InChI is InChI=1S/C10H16F3N3/c1-7-5-9(16(2)15-7)6-8(14)3-4-10(11,12)13/h5,8H,3-4,6,14H2,1-2H3. The third-order valence-electron chi connectivity index (χ3n) is 2.37. The molecule has 6 heteroatoms. The summed E-state index contributed by atoms with van der Waals surface area (Å²) in [5.74, 6) is 0. The molecule has 1 unspecified atom stereocenters. The molecule has 0 aliphatic heterocycles. The molecule has 1 atom stereocenters. The number of rotatable bonds is 4. The Morgan fingerprint density at radius 1 is 1.50 bits per heavy atom. The normalized spacial score (nSPS) is 14.1. The van der Waals surface area contributed by atoms with Crippen molar-refractivity contribution in [3.63, 3.8) is 0 Å². The van der Waals surface area contributed by atoms with Crippen LogP contribution in [-0.2, 0) is 13.5 Å². The van der Waals surface area contributed by atoms with E-state index < -0.39 is 18.6 Å². The van der Waals surface area contributed by atoms with E-state index in [4.69, 9.17) is 5.73 Å². The van der Waals surface area contributed by atoms with Crippen LogP contribution in [0.2, 0.25) is 0 Å². The second-order valence-electron chi connectivity index (χ2n) is 4.02. The molecule has 0 spiro atoms. The van der Waals surface area contributed by atoms with Crippen molar-refractivity contribution in [3.8, 4) is 0 Å². The van der Waals surface area contributed by atoms with Crippen molar-refractivity contribution in [2.75, 3.05) is 0 Å². The topological polar surface area (TPSA) is 43.8 Å². The fourth-order valence-electron chi connectivity index (χ4n) is 1.58. The minimum atomic E-state index is -4.13. The predicted octanol–water partition coefficient (Wildman–Crippen LogP) is 1.94. The highest BCUT2D eigenvalue weighted by atomic mass is 19.4. The number of aromatic nitrogens is 2. The number of hydrogen-bond acceptors (Lipinski definition) is 2. The molecule has 3 nitrogen and oxygen atoms in total. The molecule has 0 amide bonds. The van der Waals surface area contributed by atoms with Gasteiger partial charge < -0.3 is 5.73 Å². The van der Waals surface area contributed by atoms with E-state index in [1.54, 1.807) is 11.7 Å². The monoisotopic (exact) mass is 235 g/mol. The molecule has 2 N–H and O–H groups in total. The SMILES string of the molecule is Cc1cc(CC(N)CCC(F)(F)F)n(C)n1. The molecule has 0 saturated carbocycles. The highest BCUT2D eigenvalue weighted by Gasteiger charge is 2.27. The van der Waals surface area contributed by atoms with Crippen molar-refractivity contribution in [1.82, 2.24) is 9.78 Å². The van der Waals surface area contributed by atoms with Gasteiger partial charge in [0.05, 0.1) is 5.69 Å². The van der Waals surface area contributed by atoms with Gasteiger partial charge in [-0.1, -0.05) is 0 Å². The number of aryl methyl sites for hydroxylation is 2. The average Bonchev–Trinajstić information content (AvgIpc) is 2.41. The summed E-state index contributed by atoms with van der Waals surface area (Å²) >= 11 is 0. The van der Waals surface area contributed by atoms with Gasteiger partial charge in [-0.25, -0.2) is 0 Å². The van der Waals surface area contributed by atoms with Crippen molar-refractivity contribution >= 4 is 0 Å². The summed E-state index contributed by atoms with van der Waals surface area (Å²) in [6.45, 7) is 1.84. The molecule has 16 heavy (non-hydrogen) atoms. The second-order valence-corrected chi connectivity index (χ2v) is 4.02. The second kappa shape index (κ2) is 4.86. The van der Waals surface area contributed by atoms with E-state index in [-0.39, 0.29) is 6.42 Å². The van der Waals surface area contributed by atoms with Crippen LogP contribution in [0.3, 0.4) is 0 Å². The average molecular weight is 235 g/mol. The van der Waals surface area contributed by atoms with Gasteiger partial charge >= 0.3 is 6.18 Å². The maximum atomic E-state index is 12.0. The maximum Gasteiger partial charge on any atom is 0.389 e. The Labute approximate surface area is 92.4 Å². The molecule has 1 aromatic heterocycles. The number of alkyl halides is 3. The molecule has 0 radical (unpaired) electrons. The third kappa shape index (κ3) is 4.22. The van der Waals surface area contributed by atoms with Crippen LogP contribution in [0.5, 0.6) is 0 Å². The minimum absolute atomic E-state index is 0.0479. The largest absolute Gasteiger partial charge is 0.389 e. The van der Waals surface area contributed by atoms with Gasteiger partial charge in [0.25, 0.3) is 0 Å². The van der Waals surface area contributed by atoms with Crippen LogP contribution in [0.4, 0.5) is 13.2 Å². The van der Waals surface area contributed by atoms with E-state index in [0.717, 1.165) is 11.4 Å². The zero-order valence-electron chi connectivity index (χ0n) is 9.38. The summed E-state index contributed by atoms with van der Waals surface area (Å²) in [7, 11) is 1.76. The van der Waals surface area contributed by atoms with Crippen LogP contribution >= 0.6 is 0 Å². The first-order chi connectivity index (χ1) is 7.28. The lowest BCUT2D eigenvalue weighted by molar-refractivity contribution is -0.136. The lowest BCUT2D eigenvalue weighted by Gasteiger charge is -2.13. The van der Waals surface area contributed by atoms with Crippen LogP contribution in [0.1, 0.15) is 24.2 Å². The van der Waals surface area contributed by atoms with Gasteiger partial charge in [0, 0.05) is 31.6 Å². The van der Waals surface area contributed by atoms with Gasteiger partial charge in [-0.05, 0) is 19.4 Å². The van der Waals surface area contributed by atoms with Gasteiger partial charge in [-0.15, -0.1) is 0 Å². The first-order valence-corrected chi connectivity index (χ1v) is 5.10. The van der Waals surface area contributed by atoms with Gasteiger partial charge in [-0.3, -0.25) is 4.68 Å². The molecule has 1 rings (SSSR count). The van der Waals surface area contributed by atoms with E-state index in [1.165, 1.54) is 0 Å². The Kier molecular flexibility index (Phi) is 3.96. The molecule has 1 heterocycles. The first kappa shape index (κ1) is 13.0. The smallest absolute Gasteiger partial charge is 0.327 e. The predicted molar refractivity (Wildman–Crippen MR) is 54.9 cm³/mol. The summed E-state index contributed by atoms with van der Waals surface area (Å²) in [4.78, 5) is 0. The molecule has 1 aromatic rings. The summed E-state index contributed by atoms with van der Waals surface area (Å²) in [6.07, 6.45) is -4.58. The van der Waals surface area contributed by atoms with E-state index in [9.17, 15) is 13.2 Å². The number of nitrogens with zero attached hydrogens (tertiary/aromatic N) is 2. The Morgan fingerprint density at radius 3 is 2.56 bits per heavy atom. The lowest BCUT2D eigenvalue weighted by atomic mass is 10.1. The van der Waals surface area contributed by atoms with Gasteiger partial charge in [0.15, 0.2) is 0 Å². The van der Waals surface area contributed by atoms with Crippen LogP contribution in [0.25, 0.3) is 0 Å². The molecular formula is C10H16F3N3. The first-order valence-electron chi connectivity index (χ1n) is 5.10. The summed E-state index contributed by atoms with van der Waals surface area (Å²) in [5, 5.41) is 4.11. The Hall–Kier alpha value is -1.04. The van der Waals surface area contributed by atoms with E-state index in [2.05, 4.69) is 5.10 Å². The van der Waals surface area contributed by atoms with Crippen LogP contribution in [0.15, 0.2) is 6.07 Å². The number of hydrogen-bond donors (Lipinski definition) is 1. The molecule has 0 fully saturated rings. The molecule has 0 bridgehead atoms. The molecule has 0 aromatic carbocycles. The fourth-order valence-corrected chi connectivity index (χ4v) is 1.58. The third-order valence-corrected chi connectivity index (χ3v) is 2.37. The maximum absolute atomic E-state index is 12.0. The van der Waals surface area contributed by atoms with Gasteiger partial charge in [0.1, 0.15) is 0 Å². The summed E-state index contributed by atoms with van der Waals surface area (Å²) < 4.78 is 37.6. The summed E-state index contributed by atoms with van der Waals surface area (Å²) in [5.41, 5.74) is 7.37. The number of halogens is 3. The number of nitrogens with two attached hydrogens (primary N) is 1. The zero-order chi connectivity index (χ0) is 12.3. The Bertz CT molecular complexity index is 344. The van der Waals surface area contributed by atoms with Crippen molar-refractivity contribution < 1.29 is 13.2 Å². The van der Waals surface area contributed by atoms with Gasteiger partial charge in [-0.2, -0.15) is 18.3 Å². The molecular weight excluding hydrogens is 219 g/mol. The molecule has 0 aliphatic rings. The molecule has 0 aliphatic carbocycles. The van der Waals surface area contributed by atoms with E-state index in [1.807, 2.05) is 13.0 Å². The lowest BCUT2D eigenvalue weighted by Crippen LogP contribution is -2.26. The zero-order valence-corrected chi connectivity index (χ0v) is 9.38.